The highest BCUT2D eigenvalue weighted by Crippen LogP contribution is 2.60. The first-order valence-corrected chi connectivity index (χ1v) is 21.3. The SMILES string of the molecule is [CH2]C([CH2])(COP(O)O)C(OP(O)O)(c1ccccc1-c1c(C(C)(C)C)cc(C)cc1C(C)(C)C)c1ccccc1-c1c(C(C)(C)C)cc(C)cc1C(C)(C)C. The minimum Gasteiger partial charge on any atom is -0.328 e. The zero-order valence-corrected chi connectivity index (χ0v) is 37.3. The van der Waals surface area contributed by atoms with Crippen LogP contribution in [0.1, 0.15) is 128 Å². The molecule has 0 aromatic heterocycles. The third-order valence-corrected chi connectivity index (χ3v) is 11.2. The van der Waals surface area contributed by atoms with Crippen molar-refractivity contribution in [3.63, 3.8) is 0 Å². The molecule has 0 amide bonds. The van der Waals surface area contributed by atoms with Crippen LogP contribution in [0.2, 0.25) is 0 Å². The Kier molecular flexibility index (Phi) is 13.2. The zero-order valence-electron chi connectivity index (χ0n) is 35.5. The molecule has 0 unspecified atom stereocenters. The molecule has 4 aromatic carbocycles. The van der Waals surface area contributed by atoms with Crippen LogP contribution in [0.4, 0.5) is 0 Å². The van der Waals surface area contributed by atoms with Crippen LogP contribution in [0.3, 0.4) is 0 Å². The number of hydrogen-bond donors (Lipinski definition) is 4. The van der Waals surface area contributed by atoms with Crippen molar-refractivity contribution >= 4 is 17.2 Å². The van der Waals surface area contributed by atoms with Gasteiger partial charge in [0.25, 0.3) is 0 Å². The Morgan fingerprint density at radius 3 is 1.07 bits per heavy atom. The first kappa shape index (κ1) is 45.2. The van der Waals surface area contributed by atoms with Gasteiger partial charge in [-0.3, -0.25) is 4.52 Å². The fourth-order valence-electron chi connectivity index (χ4n) is 7.85. The van der Waals surface area contributed by atoms with Crippen LogP contribution in [0.25, 0.3) is 22.3 Å². The molecule has 0 fully saturated rings. The minimum atomic E-state index is -3.08. The monoisotopic (exact) mass is 786 g/mol. The Morgan fingerprint density at radius 1 is 0.491 bits per heavy atom. The Balaban J connectivity index is 2.40. The molecular weight excluding hydrogens is 722 g/mol. The Morgan fingerprint density at radius 2 is 0.800 bits per heavy atom. The van der Waals surface area contributed by atoms with E-state index in [1.54, 1.807) is 0 Å². The van der Waals surface area contributed by atoms with Crippen molar-refractivity contribution in [2.75, 3.05) is 6.61 Å². The first-order valence-electron chi connectivity index (χ1n) is 18.9. The largest absolute Gasteiger partial charge is 0.328 e. The van der Waals surface area contributed by atoms with Crippen molar-refractivity contribution in [1.29, 1.82) is 0 Å². The average molecular weight is 787 g/mol. The topological polar surface area (TPSA) is 99.4 Å². The molecule has 55 heavy (non-hydrogen) atoms. The number of benzene rings is 4. The normalized spacial score (nSPS) is 13.6. The molecule has 0 saturated heterocycles. The average Bonchev–Trinajstić information content (AvgIpc) is 3.04. The highest BCUT2D eigenvalue weighted by Gasteiger charge is 2.54. The lowest BCUT2D eigenvalue weighted by Crippen LogP contribution is -2.48. The smallest absolute Gasteiger partial charge is 0.328 e. The van der Waals surface area contributed by atoms with Gasteiger partial charge in [-0.1, -0.05) is 167 Å². The fourth-order valence-corrected chi connectivity index (χ4v) is 8.85. The predicted octanol–water partition coefficient (Wildman–Crippen LogP) is 12.2. The van der Waals surface area contributed by atoms with Gasteiger partial charge in [-0.15, -0.1) is 0 Å². The molecule has 0 aliphatic carbocycles. The third kappa shape index (κ3) is 9.46. The van der Waals surface area contributed by atoms with E-state index in [0.29, 0.717) is 11.1 Å². The second-order valence-corrected chi connectivity index (χ2v) is 20.8. The van der Waals surface area contributed by atoms with E-state index in [9.17, 15) is 19.6 Å². The molecule has 4 aromatic rings. The van der Waals surface area contributed by atoms with E-state index in [4.69, 9.17) is 9.05 Å². The van der Waals surface area contributed by atoms with Crippen LogP contribution in [0.15, 0.2) is 72.8 Å². The second kappa shape index (κ2) is 16.0. The van der Waals surface area contributed by atoms with Crippen molar-refractivity contribution in [3.8, 4) is 22.3 Å². The molecule has 0 bridgehead atoms. The van der Waals surface area contributed by atoms with E-state index in [1.165, 1.54) is 0 Å². The summed E-state index contributed by atoms with van der Waals surface area (Å²) in [6.07, 6.45) is 0. The predicted molar refractivity (Wildman–Crippen MR) is 232 cm³/mol. The van der Waals surface area contributed by atoms with E-state index in [2.05, 4.69) is 147 Å². The summed E-state index contributed by atoms with van der Waals surface area (Å²) in [5, 5.41) is 0. The lowest BCUT2D eigenvalue weighted by Gasteiger charge is -2.49. The lowest BCUT2D eigenvalue weighted by atomic mass is 9.62. The van der Waals surface area contributed by atoms with Gasteiger partial charge in [-0.25, -0.2) is 0 Å². The molecule has 0 atom stereocenters. The first-order chi connectivity index (χ1) is 25.0. The summed E-state index contributed by atoms with van der Waals surface area (Å²) in [7, 11) is -5.89. The maximum absolute atomic E-state index is 11.2. The molecule has 298 valence electrons. The van der Waals surface area contributed by atoms with E-state index in [-0.39, 0.29) is 21.7 Å². The maximum Gasteiger partial charge on any atom is 0.328 e. The molecule has 0 spiro atoms. The van der Waals surface area contributed by atoms with Crippen LogP contribution in [0, 0.1) is 33.1 Å². The van der Waals surface area contributed by atoms with Gasteiger partial charge < -0.3 is 24.1 Å². The van der Waals surface area contributed by atoms with Crippen LogP contribution in [0.5, 0.6) is 0 Å². The van der Waals surface area contributed by atoms with E-state index < -0.39 is 34.8 Å². The minimum absolute atomic E-state index is 0.291. The number of aryl methyl sites for hydroxylation is 2. The quantitative estimate of drug-likeness (QED) is 0.120. The van der Waals surface area contributed by atoms with Crippen LogP contribution in [-0.2, 0) is 36.3 Å². The molecule has 0 saturated carbocycles. The van der Waals surface area contributed by atoms with Crippen molar-refractivity contribution in [3.05, 3.63) is 131 Å². The van der Waals surface area contributed by atoms with Gasteiger partial charge in [-0.2, -0.15) is 0 Å². The van der Waals surface area contributed by atoms with Gasteiger partial charge in [0.1, 0.15) is 5.60 Å². The van der Waals surface area contributed by atoms with Gasteiger partial charge in [0.05, 0.1) is 6.61 Å². The fraction of sp³-hybridized carbons (Fsp3) is 0.447. The number of rotatable bonds is 10. The highest BCUT2D eigenvalue weighted by atomic mass is 31.2. The number of hydrogen-bond acceptors (Lipinski definition) is 6. The van der Waals surface area contributed by atoms with Crippen molar-refractivity contribution < 1.29 is 28.6 Å². The van der Waals surface area contributed by atoms with E-state index in [1.807, 2.05) is 36.4 Å². The Hall–Kier alpha value is -2.50. The van der Waals surface area contributed by atoms with E-state index >= 15 is 0 Å². The molecule has 8 heteroatoms. The molecule has 4 rings (SSSR count). The van der Waals surface area contributed by atoms with Gasteiger partial charge in [0.15, 0.2) is 0 Å². The van der Waals surface area contributed by atoms with E-state index in [0.717, 1.165) is 55.6 Å². The summed E-state index contributed by atoms with van der Waals surface area (Å²) in [5.74, 6) is 0. The lowest BCUT2D eigenvalue weighted by molar-refractivity contribution is -0.0148. The highest BCUT2D eigenvalue weighted by molar-refractivity contribution is 7.39. The Labute approximate surface area is 334 Å². The van der Waals surface area contributed by atoms with Gasteiger partial charge in [0, 0.05) is 5.41 Å². The molecule has 0 aliphatic heterocycles. The summed E-state index contributed by atoms with van der Waals surface area (Å²) in [4.78, 5) is 42.6. The van der Waals surface area contributed by atoms with Crippen LogP contribution in [-0.4, -0.2) is 26.2 Å². The molecule has 0 aliphatic rings. The zero-order chi connectivity index (χ0) is 41.7. The van der Waals surface area contributed by atoms with Crippen LogP contribution >= 0.6 is 17.2 Å². The Bertz CT molecular complexity index is 1790. The van der Waals surface area contributed by atoms with Crippen LogP contribution < -0.4 is 0 Å². The molecule has 4 N–H and O–H groups in total. The molecular formula is C47H64O6P2. The molecule has 0 heterocycles. The summed E-state index contributed by atoms with van der Waals surface area (Å²) in [6, 6.07) is 24.7. The third-order valence-electron chi connectivity index (χ3n) is 10.4. The van der Waals surface area contributed by atoms with Gasteiger partial charge in [-0.05, 0) is 105 Å². The van der Waals surface area contributed by atoms with Crippen molar-refractivity contribution in [2.45, 2.75) is 124 Å². The van der Waals surface area contributed by atoms with Crippen molar-refractivity contribution in [2.24, 2.45) is 5.41 Å². The summed E-state index contributed by atoms with van der Waals surface area (Å²) >= 11 is 0. The molecule has 2 radical (unpaired) electrons. The van der Waals surface area contributed by atoms with Crippen molar-refractivity contribution in [1.82, 2.24) is 0 Å². The standard InChI is InChI=1S/C47H64O6P2/c1-30-25-36(42(3,4)5)40(37(26-30)43(6,7)8)32-21-17-19-23-34(32)47(53-55(50)51,46(15,16)29-52-54(48)49)35-24-20-18-22-33(35)41-38(44(9,10)11)27-31(2)28-39(41)45(12,13)14/h17-28,48-51H,15-16,29H2,1-14H3. The summed E-state index contributed by atoms with van der Waals surface area (Å²) in [5.41, 5.74) is 6.94. The summed E-state index contributed by atoms with van der Waals surface area (Å²) < 4.78 is 12.3. The van der Waals surface area contributed by atoms with Gasteiger partial charge >= 0.3 is 17.2 Å². The summed E-state index contributed by atoms with van der Waals surface area (Å²) in [6.45, 7) is 39.5. The van der Waals surface area contributed by atoms with Gasteiger partial charge in [0.2, 0.25) is 0 Å². The maximum atomic E-state index is 11.2. The second-order valence-electron chi connectivity index (χ2n) is 19.4. The molecule has 6 nitrogen and oxygen atoms in total.